The van der Waals surface area contributed by atoms with E-state index in [0.29, 0.717) is 0 Å². The zero-order valence-corrected chi connectivity index (χ0v) is 15.9. The first kappa shape index (κ1) is 20.8. The van der Waals surface area contributed by atoms with Crippen LogP contribution in [0.15, 0.2) is 28.6 Å². The van der Waals surface area contributed by atoms with E-state index >= 15 is 0 Å². The number of carbonyl (C=O) groups excluding carboxylic acids is 1. The molecule has 0 atom stereocenters. The number of nitro groups is 1. The van der Waals surface area contributed by atoms with Gasteiger partial charge in [-0.3, -0.25) is 14.9 Å². The molecule has 0 unspecified atom stereocenters. The van der Waals surface area contributed by atoms with Crippen LogP contribution in [0.1, 0.15) is 6.92 Å². The van der Waals surface area contributed by atoms with Gasteiger partial charge in [0.05, 0.1) is 23.6 Å². The summed E-state index contributed by atoms with van der Waals surface area (Å²) in [6.45, 7) is 2.14. The fourth-order valence-corrected chi connectivity index (χ4v) is 4.09. The van der Waals surface area contributed by atoms with E-state index in [1.807, 2.05) is 0 Å². The van der Waals surface area contributed by atoms with Gasteiger partial charge in [0.1, 0.15) is 0 Å². The summed E-state index contributed by atoms with van der Waals surface area (Å²) in [6, 6.07) is 5.87. The predicted molar refractivity (Wildman–Crippen MR) is 96.7 cm³/mol. The van der Waals surface area contributed by atoms with Crippen molar-refractivity contribution in [3.8, 4) is 10.6 Å². The van der Waals surface area contributed by atoms with E-state index in [-0.39, 0.29) is 46.8 Å². The number of aromatic nitrogens is 2. The van der Waals surface area contributed by atoms with Crippen LogP contribution in [0.25, 0.3) is 10.6 Å². The first-order valence-electron chi connectivity index (χ1n) is 7.78. The Morgan fingerprint density at radius 1 is 1.30 bits per heavy atom. The number of hydrogen-bond donors (Lipinski definition) is 2. The number of ether oxygens (including phenoxy) is 1. The van der Waals surface area contributed by atoms with Gasteiger partial charge in [-0.05, 0) is 13.0 Å². The smallest absolute Gasteiger partial charge is 0.319 e. The van der Waals surface area contributed by atoms with Gasteiger partial charge in [-0.1, -0.05) is 23.5 Å². The third kappa shape index (κ3) is 5.75. The van der Waals surface area contributed by atoms with Gasteiger partial charge in [-0.25, -0.2) is 13.1 Å². The average Bonchev–Trinajstić information content (AvgIpc) is 3.12. The normalized spacial score (nSPS) is 11.3. The van der Waals surface area contributed by atoms with Crippen molar-refractivity contribution in [2.45, 2.75) is 11.3 Å². The number of hydrogen-bond acceptors (Lipinski definition) is 10. The van der Waals surface area contributed by atoms with Crippen LogP contribution < -0.4 is 10.0 Å². The lowest BCUT2D eigenvalue weighted by Gasteiger charge is -2.05. The summed E-state index contributed by atoms with van der Waals surface area (Å²) in [5, 5.41) is 21.3. The monoisotopic (exact) mass is 415 g/mol. The zero-order valence-electron chi connectivity index (χ0n) is 14.2. The average molecular weight is 415 g/mol. The minimum Gasteiger partial charge on any atom is -0.465 e. The van der Waals surface area contributed by atoms with Gasteiger partial charge in [0.2, 0.25) is 4.34 Å². The van der Waals surface area contributed by atoms with Crippen LogP contribution in [0.5, 0.6) is 0 Å². The summed E-state index contributed by atoms with van der Waals surface area (Å²) in [5.41, 5.74) is 0.00581. The molecule has 0 aliphatic rings. The predicted octanol–water partition coefficient (Wildman–Crippen LogP) is 0.544. The van der Waals surface area contributed by atoms with Crippen LogP contribution in [-0.2, 0) is 19.6 Å². The minimum absolute atomic E-state index is 0.0160. The third-order valence-corrected chi connectivity index (χ3v) is 5.92. The van der Waals surface area contributed by atoms with Crippen molar-refractivity contribution in [2.75, 3.05) is 26.2 Å². The van der Waals surface area contributed by atoms with Crippen LogP contribution in [0.4, 0.5) is 5.69 Å². The van der Waals surface area contributed by atoms with Gasteiger partial charge in [-0.15, -0.1) is 10.2 Å². The Morgan fingerprint density at radius 3 is 2.74 bits per heavy atom. The number of rotatable bonds is 10. The summed E-state index contributed by atoms with van der Waals surface area (Å²) in [5.74, 6) is -0.432. The van der Waals surface area contributed by atoms with Crippen molar-refractivity contribution >= 4 is 33.0 Å². The van der Waals surface area contributed by atoms with Crippen molar-refractivity contribution in [2.24, 2.45) is 0 Å². The fourth-order valence-electron chi connectivity index (χ4n) is 1.98. The summed E-state index contributed by atoms with van der Waals surface area (Å²) in [7, 11) is -3.92. The highest BCUT2D eigenvalue weighted by Crippen LogP contribution is 2.32. The summed E-state index contributed by atoms with van der Waals surface area (Å²) in [6.07, 6.45) is 0. The van der Waals surface area contributed by atoms with Gasteiger partial charge in [0.15, 0.2) is 5.01 Å². The number of esters is 1. The molecular weight excluding hydrogens is 398 g/mol. The fraction of sp³-hybridized carbons (Fsp3) is 0.357. The molecule has 1 aromatic carbocycles. The molecule has 146 valence electrons. The second-order valence-electron chi connectivity index (χ2n) is 5.03. The van der Waals surface area contributed by atoms with Gasteiger partial charge >= 0.3 is 5.97 Å². The molecule has 2 N–H and O–H groups in total. The van der Waals surface area contributed by atoms with E-state index in [1.165, 1.54) is 18.2 Å². The molecule has 11 nitrogen and oxygen atoms in total. The molecule has 0 fully saturated rings. The van der Waals surface area contributed by atoms with Gasteiger partial charge in [-0.2, -0.15) is 0 Å². The van der Waals surface area contributed by atoms with Crippen molar-refractivity contribution in [3.63, 3.8) is 0 Å². The number of benzene rings is 1. The first-order chi connectivity index (χ1) is 12.8. The molecule has 0 aliphatic heterocycles. The van der Waals surface area contributed by atoms with Crippen LogP contribution >= 0.6 is 11.3 Å². The largest absolute Gasteiger partial charge is 0.465 e. The Bertz CT molecular complexity index is 914. The summed E-state index contributed by atoms with van der Waals surface area (Å²) < 4.78 is 31.2. The molecule has 0 saturated heterocycles. The number of nitrogens with zero attached hydrogens (tertiary/aromatic N) is 3. The Kier molecular flexibility index (Phi) is 7.29. The number of sulfonamides is 1. The summed E-state index contributed by atoms with van der Waals surface area (Å²) >= 11 is 0.728. The molecule has 2 rings (SSSR count). The van der Waals surface area contributed by atoms with Crippen molar-refractivity contribution in [1.82, 2.24) is 20.2 Å². The molecule has 0 aliphatic carbocycles. The third-order valence-electron chi connectivity index (χ3n) is 3.14. The highest BCUT2D eigenvalue weighted by atomic mass is 32.2. The molecule has 0 spiro atoms. The molecule has 13 heteroatoms. The molecule has 0 amide bonds. The van der Waals surface area contributed by atoms with Crippen molar-refractivity contribution in [3.05, 3.63) is 34.4 Å². The quantitative estimate of drug-likeness (QED) is 0.245. The Hall–Kier alpha value is -2.48. The Labute approximate surface area is 159 Å². The SMILES string of the molecule is CCOC(=O)CNCCNS(=O)(=O)c1nnc(-c2ccccc2[N+](=O)[O-])s1. The Morgan fingerprint density at radius 2 is 2.04 bits per heavy atom. The van der Waals surface area contributed by atoms with Gasteiger partial charge in [0, 0.05) is 19.2 Å². The van der Waals surface area contributed by atoms with Crippen LogP contribution in [0.2, 0.25) is 0 Å². The highest BCUT2D eigenvalue weighted by Gasteiger charge is 2.23. The second-order valence-corrected chi connectivity index (χ2v) is 7.95. The van der Waals surface area contributed by atoms with Gasteiger partial charge in [0.25, 0.3) is 15.7 Å². The first-order valence-corrected chi connectivity index (χ1v) is 10.1. The molecular formula is C14H17N5O6S2. The molecule has 1 aromatic heterocycles. The zero-order chi connectivity index (χ0) is 19.9. The lowest BCUT2D eigenvalue weighted by atomic mass is 10.2. The lowest BCUT2D eigenvalue weighted by molar-refractivity contribution is -0.384. The van der Waals surface area contributed by atoms with Crippen molar-refractivity contribution in [1.29, 1.82) is 0 Å². The maximum absolute atomic E-state index is 12.2. The van der Waals surface area contributed by atoms with E-state index < -0.39 is 20.9 Å². The highest BCUT2D eigenvalue weighted by molar-refractivity contribution is 7.91. The molecule has 2 aromatic rings. The molecule has 27 heavy (non-hydrogen) atoms. The number of nitrogens with one attached hydrogen (secondary N) is 2. The standard InChI is InChI=1S/C14H17N5O6S2/c1-2-25-12(20)9-15-7-8-16-27(23,24)14-18-17-13(26-14)10-5-3-4-6-11(10)19(21)22/h3-6,15-16H,2,7-9H2,1H3. The van der Waals surface area contributed by atoms with Crippen LogP contribution in [0, 0.1) is 10.1 Å². The van der Waals surface area contributed by atoms with E-state index in [4.69, 9.17) is 4.74 Å². The van der Waals surface area contributed by atoms with E-state index in [0.717, 1.165) is 11.3 Å². The van der Waals surface area contributed by atoms with Crippen molar-refractivity contribution < 1.29 is 22.9 Å². The number of carbonyl (C=O) groups is 1. The summed E-state index contributed by atoms with van der Waals surface area (Å²) in [4.78, 5) is 21.7. The maximum Gasteiger partial charge on any atom is 0.319 e. The Balaban J connectivity index is 1.99. The topological polar surface area (TPSA) is 153 Å². The number of nitro benzene ring substituents is 1. The maximum atomic E-state index is 12.2. The molecule has 1 heterocycles. The second kappa shape index (κ2) is 9.45. The van der Waals surface area contributed by atoms with E-state index in [1.54, 1.807) is 13.0 Å². The number of para-hydroxylation sites is 1. The molecule has 0 bridgehead atoms. The minimum atomic E-state index is -3.92. The molecule has 0 radical (unpaired) electrons. The lowest BCUT2D eigenvalue weighted by Crippen LogP contribution is -2.34. The van der Waals surface area contributed by atoms with Crippen LogP contribution in [-0.4, -0.2) is 55.7 Å². The van der Waals surface area contributed by atoms with E-state index in [2.05, 4.69) is 20.2 Å². The van der Waals surface area contributed by atoms with E-state index in [9.17, 15) is 23.3 Å². The van der Waals surface area contributed by atoms with Crippen LogP contribution in [0.3, 0.4) is 0 Å². The molecule has 0 saturated carbocycles. The van der Waals surface area contributed by atoms with Gasteiger partial charge < -0.3 is 10.1 Å².